The molecule has 1 N–H and O–H groups in total. The molecular formula is C16H11Cl2N3O2. The Morgan fingerprint density at radius 1 is 1.09 bits per heavy atom. The molecule has 0 aliphatic rings. The molecule has 0 radical (unpaired) electrons. The van der Waals surface area contributed by atoms with Crippen molar-refractivity contribution in [3.8, 4) is 5.88 Å². The summed E-state index contributed by atoms with van der Waals surface area (Å²) in [5.41, 5.74) is 1.18. The van der Waals surface area contributed by atoms with Gasteiger partial charge in [0, 0.05) is 0 Å². The largest absolute Gasteiger partial charge is 0.467 e. The number of carbonyl (C=O) groups excluding carboxylic acids is 1. The first-order valence-corrected chi connectivity index (χ1v) is 7.47. The Morgan fingerprint density at radius 3 is 2.78 bits per heavy atom. The Kier molecular flexibility index (Phi) is 4.60. The molecular weight excluding hydrogens is 337 g/mol. The summed E-state index contributed by atoms with van der Waals surface area (Å²) in [6, 6.07) is 12.4. The highest BCUT2D eigenvalue weighted by Gasteiger charge is 2.10. The fourth-order valence-corrected chi connectivity index (χ4v) is 2.36. The van der Waals surface area contributed by atoms with Gasteiger partial charge in [0.1, 0.15) is 6.33 Å². The van der Waals surface area contributed by atoms with Gasteiger partial charge in [-0.25, -0.2) is 9.97 Å². The third-order valence-electron chi connectivity index (χ3n) is 3.07. The van der Waals surface area contributed by atoms with Crippen LogP contribution in [-0.2, 0) is 4.79 Å². The standard InChI is InChI=1S/C16H11Cl2N3O2/c17-11-5-3-7-13(15(11)18)21-14(22)8-23-16-10-4-1-2-6-12(10)19-9-20-16/h1-7,9H,8H2,(H,21,22). The molecule has 1 aromatic heterocycles. The molecule has 0 fully saturated rings. The minimum atomic E-state index is -0.364. The number of ether oxygens (including phenoxy) is 1. The summed E-state index contributed by atoms with van der Waals surface area (Å²) in [6.07, 6.45) is 1.39. The van der Waals surface area contributed by atoms with Gasteiger partial charge >= 0.3 is 0 Å². The Balaban J connectivity index is 1.70. The molecule has 1 amide bonds. The number of carbonyl (C=O) groups is 1. The van der Waals surface area contributed by atoms with E-state index in [2.05, 4.69) is 15.3 Å². The lowest BCUT2D eigenvalue weighted by molar-refractivity contribution is -0.118. The van der Waals surface area contributed by atoms with Crippen molar-refractivity contribution in [3.05, 3.63) is 58.8 Å². The van der Waals surface area contributed by atoms with E-state index in [0.29, 0.717) is 16.6 Å². The molecule has 3 aromatic rings. The number of nitrogens with one attached hydrogen (secondary N) is 1. The number of aromatic nitrogens is 2. The van der Waals surface area contributed by atoms with Crippen LogP contribution in [0.25, 0.3) is 10.9 Å². The predicted molar refractivity (Wildman–Crippen MR) is 90.1 cm³/mol. The van der Waals surface area contributed by atoms with Crippen LogP contribution < -0.4 is 10.1 Å². The summed E-state index contributed by atoms with van der Waals surface area (Å²) >= 11 is 11.9. The molecule has 3 rings (SSSR count). The lowest BCUT2D eigenvalue weighted by atomic mass is 10.2. The van der Waals surface area contributed by atoms with Crippen molar-refractivity contribution in [2.75, 3.05) is 11.9 Å². The maximum absolute atomic E-state index is 12.0. The molecule has 2 aromatic carbocycles. The van der Waals surface area contributed by atoms with E-state index in [9.17, 15) is 4.79 Å². The number of amides is 1. The van der Waals surface area contributed by atoms with E-state index < -0.39 is 0 Å². The topological polar surface area (TPSA) is 64.1 Å². The van der Waals surface area contributed by atoms with Crippen LogP contribution in [0.3, 0.4) is 0 Å². The number of hydrogen-bond donors (Lipinski definition) is 1. The van der Waals surface area contributed by atoms with Crippen molar-refractivity contribution in [2.24, 2.45) is 0 Å². The van der Waals surface area contributed by atoms with E-state index in [-0.39, 0.29) is 17.5 Å². The molecule has 0 unspecified atom stereocenters. The van der Waals surface area contributed by atoms with Crippen molar-refractivity contribution >= 4 is 45.7 Å². The highest BCUT2D eigenvalue weighted by Crippen LogP contribution is 2.29. The molecule has 116 valence electrons. The molecule has 0 bridgehead atoms. The second-order valence-electron chi connectivity index (χ2n) is 4.63. The number of halogens is 2. The van der Waals surface area contributed by atoms with Gasteiger partial charge in [0.2, 0.25) is 5.88 Å². The Labute approximate surface area is 142 Å². The smallest absolute Gasteiger partial charge is 0.262 e. The second-order valence-corrected chi connectivity index (χ2v) is 5.42. The zero-order valence-corrected chi connectivity index (χ0v) is 13.3. The average molecular weight is 348 g/mol. The van der Waals surface area contributed by atoms with E-state index in [0.717, 1.165) is 10.9 Å². The molecule has 5 nitrogen and oxygen atoms in total. The molecule has 0 aliphatic carbocycles. The lowest BCUT2D eigenvalue weighted by Crippen LogP contribution is -2.20. The van der Waals surface area contributed by atoms with Gasteiger partial charge in [0.05, 0.1) is 26.6 Å². The van der Waals surface area contributed by atoms with Crippen LogP contribution >= 0.6 is 23.2 Å². The van der Waals surface area contributed by atoms with Crippen molar-refractivity contribution in [2.45, 2.75) is 0 Å². The number of hydrogen-bond acceptors (Lipinski definition) is 4. The summed E-state index contributed by atoms with van der Waals surface area (Å²) < 4.78 is 5.48. The zero-order chi connectivity index (χ0) is 16.2. The average Bonchev–Trinajstić information content (AvgIpc) is 2.57. The number of nitrogens with zero attached hydrogens (tertiary/aromatic N) is 2. The van der Waals surface area contributed by atoms with Gasteiger partial charge in [-0.3, -0.25) is 4.79 Å². The lowest BCUT2D eigenvalue weighted by Gasteiger charge is -2.10. The Hall–Kier alpha value is -2.37. The predicted octanol–water partition coefficient (Wildman–Crippen LogP) is 3.95. The van der Waals surface area contributed by atoms with Crippen LogP contribution in [0.15, 0.2) is 48.8 Å². The van der Waals surface area contributed by atoms with Crippen LogP contribution in [-0.4, -0.2) is 22.5 Å². The van der Waals surface area contributed by atoms with Crippen molar-refractivity contribution in [1.82, 2.24) is 9.97 Å². The number of para-hydroxylation sites is 1. The SMILES string of the molecule is O=C(COc1ncnc2ccccc12)Nc1cccc(Cl)c1Cl. The van der Waals surface area contributed by atoms with Crippen LogP contribution in [0.4, 0.5) is 5.69 Å². The van der Waals surface area contributed by atoms with Gasteiger partial charge in [0.15, 0.2) is 6.61 Å². The van der Waals surface area contributed by atoms with E-state index in [1.54, 1.807) is 18.2 Å². The van der Waals surface area contributed by atoms with Gasteiger partial charge in [-0.05, 0) is 24.3 Å². The first-order valence-electron chi connectivity index (χ1n) is 6.71. The normalized spacial score (nSPS) is 10.5. The van der Waals surface area contributed by atoms with Gasteiger partial charge in [-0.15, -0.1) is 0 Å². The third kappa shape index (κ3) is 3.52. The summed E-state index contributed by atoms with van der Waals surface area (Å²) in [5, 5.41) is 4.04. The third-order valence-corrected chi connectivity index (χ3v) is 3.89. The van der Waals surface area contributed by atoms with Gasteiger partial charge < -0.3 is 10.1 Å². The fourth-order valence-electron chi connectivity index (χ4n) is 2.02. The highest BCUT2D eigenvalue weighted by molar-refractivity contribution is 6.43. The Morgan fingerprint density at radius 2 is 1.91 bits per heavy atom. The quantitative estimate of drug-likeness (QED) is 0.775. The summed E-state index contributed by atoms with van der Waals surface area (Å²) in [7, 11) is 0. The molecule has 7 heteroatoms. The maximum Gasteiger partial charge on any atom is 0.262 e. The molecule has 0 saturated heterocycles. The van der Waals surface area contributed by atoms with Crippen LogP contribution in [0.2, 0.25) is 10.0 Å². The van der Waals surface area contributed by atoms with Crippen molar-refractivity contribution < 1.29 is 9.53 Å². The molecule has 1 heterocycles. The molecule has 0 saturated carbocycles. The first kappa shape index (κ1) is 15.5. The Bertz CT molecular complexity index is 866. The molecule has 0 spiro atoms. The number of fused-ring (bicyclic) bond motifs is 1. The van der Waals surface area contributed by atoms with Crippen molar-refractivity contribution in [3.63, 3.8) is 0 Å². The minimum Gasteiger partial charge on any atom is -0.467 e. The zero-order valence-electron chi connectivity index (χ0n) is 11.8. The summed E-state index contributed by atoms with van der Waals surface area (Å²) in [4.78, 5) is 20.2. The van der Waals surface area contributed by atoms with E-state index in [1.807, 2.05) is 24.3 Å². The first-order chi connectivity index (χ1) is 11.1. The van der Waals surface area contributed by atoms with Crippen LogP contribution in [0, 0.1) is 0 Å². The molecule has 0 atom stereocenters. The van der Waals surface area contributed by atoms with E-state index in [1.165, 1.54) is 6.33 Å². The van der Waals surface area contributed by atoms with Crippen LogP contribution in [0.5, 0.6) is 5.88 Å². The minimum absolute atomic E-state index is 0.205. The maximum atomic E-state index is 12.0. The number of benzene rings is 2. The highest BCUT2D eigenvalue weighted by atomic mass is 35.5. The summed E-state index contributed by atoms with van der Waals surface area (Å²) in [6.45, 7) is -0.205. The van der Waals surface area contributed by atoms with Gasteiger partial charge in [-0.2, -0.15) is 0 Å². The molecule has 0 aliphatic heterocycles. The van der Waals surface area contributed by atoms with Gasteiger partial charge in [-0.1, -0.05) is 41.4 Å². The summed E-state index contributed by atoms with van der Waals surface area (Å²) in [5.74, 6) is -0.0141. The number of rotatable bonds is 4. The number of anilines is 1. The molecule has 23 heavy (non-hydrogen) atoms. The van der Waals surface area contributed by atoms with Crippen molar-refractivity contribution in [1.29, 1.82) is 0 Å². The van der Waals surface area contributed by atoms with E-state index in [4.69, 9.17) is 27.9 Å². The van der Waals surface area contributed by atoms with Gasteiger partial charge in [0.25, 0.3) is 5.91 Å². The van der Waals surface area contributed by atoms with E-state index >= 15 is 0 Å². The fraction of sp³-hybridized carbons (Fsp3) is 0.0625. The van der Waals surface area contributed by atoms with Crippen LogP contribution in [0.1, 0.15) is 0 Å². The monoisotopic (exact) mass is 347 g/mol. The second kappa shape index (κ2) is 6.81.